The number of likely N-dealkylation sites (N-methyl/N-ethyl adjacent to an activating group) is 1. The number of anilines is 2. The van der Waals surface area contributed by atoms with Crippen molar-refractivity contribution >= 4 is 32.8 Å². The molecule has 0 amide bonds. The Balaban J connectivity index is 1.70. The first-order valence-electron chi connectivity index (χ1n) is 9.31. The molecule has 4 rings (SSSR count). The van der Waals surface area contributed by atoms with Crippen LogP contribution in [0.4, 0.5) is 24.8 Å². The van der Waals surface area contributed by atoms with E-state index in [9.17, 15) is 21.6 Å². The maximum Gasteiger partial charge on any atom is 0.420 e. The van der Waals surface area contributed by atoms with Gasteiger partial charge in [0.05, 0.1) is 15.5 Å². The van der Waals surface area contributed by atoms with E-state index in [0.717, 1.165) is 43.3 Å². The van der Waals surface area contributed by atoms with Crippen molar-refractivity contribution in [3.8, 4) is 10.6 Å². The molecule has 0 atom stereocenters. The third-order valence-corrected chi connectivity index (χ3v) is 7.17. The lowest BCUT2D eigenvalue weighted by Crippen LogP contribution is -2.26. The molecular weight excluding hydrogens is 449 g/mol. The average Bonchev–Trinajstić information content (AvgIpc) is 3.18. The first kappa shape index (κ1) is 21.7. The molecule has 1 N–H and O–H groups in total. The second-order valence-electron chi connectivity index (χ2n) is 7.47. The Morgan fingerprint density at radius 1 is 1.19 bits per heavy atom. The minimum atomic E-state index is -4.68. The Bertz CT molecular complexity index is 1240. The summed E-state index contributed by atoms with van der Waals surface area (Å²) < 4.78 is 64.1. The summed E-state index contributed by atoms with van der Waals surface area (Å²) in [4.78, 5) is 10.2. The standard InChI is InChI=1S/C20H19F3N4O2S2/c1-27-6-5-12-7-14(4-3-13(12)10-27)25-19-24-9-16(20(21,22)23)18(26-19)17-8-15(11-30-17)31(2,28)29/h3-4,7-9,11H,5-6,10H2,1-2H3,(H,24,25,26). The summed E-state index contributed by atoms with van der Waals surface area (Å²) in [7, 11) is -1.50. The molecule has 31 heavy (non-hydrogen) atoms. The topological polar surface area (TPSA) is 75.2 Å². The number of benzene rings is 1. The fourth-order valence-corrected chi connectivity index (χ4v) is 5.40. The number of aromatic nitrogens is 2. The molecule has 0 aliphatic carbocycles. The third-order valence-electron chi connectivity index (χ3n) is 5.00. The van der Waals surface area contributed by atoms with Gasteiger partial charge in [0.15, 0.2) is 9.84 Å². The molecule has 1 aliphatic rings. The van der Waals surface area contributed by atoms with E-state index >= 15 is 0 Å². The van der Waals surface area contributed by atoms with Crippen LogP contribution in [0, 0.1) is 0 Å². The first-order valence-corrected chi connectivity index (χ1v) is 12.1. The molecule has 1 aromatic carbocycles. The SMILES string of the molecule is CN1CCc2cc(Nc3ncc(C(F)(F)F)c(-c4cc(S(C)(=O)=O)cs4)n3)ccc2C1. The predicted molar refractivity (Wildman–Crippen MR) is 113 cm³/mol. The highest BCUT2D eigenvalue weighted by Gasteiger charge is 2.36. The van der Waals surface area contributed by atoms with Gasteiger partial charge in [-0.05, 0) is 42.8 Å². The number of nitrogens with one attached hydrogen (secondary N) is 1. The molecule has 3 heterocycles. The first-order chi connectivity index (χ1) is 14.5. The summed E-state index contributed by atoms with van der Waals surface area (Å²) >= 11 is 0.892. The zero-order valence-corrected chi connectivity index (χ0v) is 18.3. The van der Waals surface area contributed by atoms with E-state index in [1.807, 2.05) is 25.2 Å². The van der Waals surface area contributed by atoms with Crippen LogP contribution in [0.25, 0.3) is 10.6 Å². The molecule has 164 valence electrons. The van der Waals surface area contributed by atoms with Gasteiger partial charge in [-0.1, -0.05) is 6.07 Å². The average molecular weight is 469 g/mol. The fourth-order valence-electron chi connectivity index (χ4n) is 3.38. The largest absolute Gasteiger partial charge is 0.420 e. The zero-order valence-electron chi connectivity index (χ0n) is 16.7. The van der Waals surface area contributed by atoms with Gasteiger partial charge in [0.25, 0.3) is 0 Å². The molecule has 0 saturated heterocycles. The number of hydrogen-bond acceptors (Lipinski definition) is 7. The summed E-state index contributed by atoms with van der Waals surface area (Å²) in [6.45, 7) is 1.77. The van der Waals surface area contributed by atoms with E-state index < -0.39 is 21.6 Å². The number of rotatable bonds is 4. The van der Waals surface area contributed by atoms with Crippen LogP contribution in [0.15, 0.2) is 40.7 Å². The Kier molecular flexibility index (Phi) is 5.52. The number of nitrogens with zero attached hydrogens (tertiary/aromatic N) is 3. The van der Waals surface area contributed by atoms with Crippen LogP contribution in [0.2, 0.25) is 0 Å². The van der Waals surface area contributed by atoms with Gasteiger partial charge < -0.3 is 10.2 Å². The molecule has 0 bridgehead atoms. The lowest BCUT2D eigenvalue weighted by molar-refractivity contribution is -0.137. The van der Waals surface area contributed by atoms with E-state index in [1.54, 1.807) is 0 Å². The molecule has 0 spiro atoms. The van der Waals surface area contributed by atoms with Crippen molar-refractivity contribution in [2.45, 2.75) is 24.0 Å². The van der Waals surface area contributed by atoms with E-state index in [1.165, 1.54) is 22.6 Å². The molecule has 3 aromatic rings. The summed E-state index contributed by atoms with van der Waals surface area (Å²) in [5.41, 5.74) is 1.68. The molecule has 0 radical (unpaired) electrons. The number of thiophene rings is 1. The van der Waals surface area contributed by atoms with Gasteiger partial charge in [0, 0.05) is 36.6 Å². The maximum absolute atomic E-state index is 13.5. The Morgan fingerprint density at radius 3 is 2.65 bits per heavy atom. The summed E-state index contributed by atoms with van der Waals surface area (Å²) in [5.74, 6) is 0.00480. The summed E-state index contributed by atoms with van der Waals surface area (Å²) in [6.07, 6.45) is -2.08. The predicted octanol–water partition coefficient (Wildman–Crippen LogP) is 4.36. The van der Waals surface area contributed by atoms with Crippen LogP contribution < -0.4 is 5.32 Å². The molecule has 1 aliphatic heterocycles. The van der Waals surface area contributed by atoms with Gasteiger partial charge in [0.2, 0.25) is 5.95 Å². The molecule has 0 saturated carbocycles. The van der Waals surface area contributed by atoms with Crippen molar-refractivity contribution in [3.63, 3.8) is 0 Å². The van der Waals surface area contributed by atoms with Crippen molar-refractivity contribution in [2.24, 2.45) is 0 Å². The second kappa shape index (κ2) is 7.88. The highest BCUT2D eigenvalue weighted by Crippen LogP contribution is 2.39. The second-order valence-corrected chi connectivity index (χ2v) is 10.4. The van der Waals surface area contributed by atoms with Crippen LogP contribution >= 0.6 is 11.3 Å². The van der Waals surface area contributed by atoms with Crippen LogP contribution in [0.5, 0.6) is 0 Å². The molecular formula is C20H19F3N4O2S2. The zero-order chi connectivity index (χ0) is 22.4. The normalized spacial score (nSPS) is 15.0. The van der Waals surface area contributed by atoms with Crippen LogP contribution in [-0.2, 0) is 29.0 Å². The minimum absolute atomic E-state index is 0.00480. The number of hydrogen-bond donors (Lipinski definition) is 1. The smallest absolute Gasteiger partial charge is 0.324 e. The van der Waals surface area contributed by atoms with Crippen molar-refractivity contribution in [1.82, 2.24) is 14.9 Å². The Morgan fingerprint density at radius 2 is 1.97 bits per heavy atom. The number of fused-ring (bicyclic) bond motifs is 1. The quantitative estimate of drug-likeness (QED) is 0.613. The molecule has 11 heteroatoms. The maximum atomic E-state index is 13.5. The van der Waals surface area contributed by atoms with Gasteiger partial charge >= 0.3 is 6.18 Å². The van der Waals surface area contributed by atoms with Crippen molar-refractivity contribution in [1.29, 1.82) is 0 Å². The van der Waals surface area contributed by atoms with E-state index in [2.05, 4.69) is 20.2 Å². The highest BCUT2D eigenvalue weighted by molar-refractivity contribution is 7.90. The van der Waals surface area contributed by atoms with Gasteiger partial charge in [-0.25, -0.2) is 18.4 Å². The Hall–Kier alpha value is -2.50. The Labute approximate surface area is 181 Å². The number of alkyl halides is 3. The monoisotopic (exact) mass is 468 g/mol. The van der Waals surface area contributed by atoms with Crippen molar-refractivity contribution in [2.75, 3.05) is 25.2 Å². The number of halogens is 3. The number of sulfone groups is 1. The molecule has 2 aromatic heterocycles. The van der Waals surface area contributed by atoms with Crippen LogP contribution in [0.3, 0.4) is 0 Å². The third kappa shape index (κ3) is 4.73. The minimum Gasteiger partial charge on any atom is -0.324 e. The summed E-state index contributed by atoms with van der Waals surface area (Å²) in [6, 6.07) is 6.98. The highest BCUT2D eigenvalue weighted by atomic mass is 32.2. The lowest BCUT2D eigenvalue weighted by atomic mass is 9.99. The van der Waals surface area contributed by atoms with E-state index in [-0.39, 0.29) is 21.4 Å². The lowest BCUT2D eigenvalue weighted by Gasteiger charge is -2.25. The van der Waals surface area contributed by atoms with E-state index in [0.29, 0.717) is 5.69 Å². The van der Waals surface area contributed by atoms with Crippen molar-refractivity contribution in [3.05, 3.63) is 52.5 Å². The summed E-state index contributed by atoms with van der Waals surface area (Å²) in [5, 5.41) is 4.28. The van der Waals surface area contributed by atoms with Gasteiger partial charge in [0.1, 0.15) is 5.56 Å². The van der Waals surface area contributed by atoms with Gasteiger partial charge in [-0.2, -0.15) is 13.2 Å². The fraction of sp³-hybridized carbons (Fsp3) is 0.300. The van der Waals surface area contributed by atoms with Crippen molar-refractivity contribution < 1.29 is 21.6 Å². The van der Waals surface area contributed by atoms with Gasteiger partial charge in [-0.3, -0.25) is 0 Å². The molecule has 0 fully saturated rings. The molecule has 6 nitrogen and oxygen atoms in total. The van der Waals surface area contributed by atoms with Crippen LogP contribution in [-0.4, -0.2) is 43.1 Å². The van der Waals surface area contributed by atoms with E-state index in [4.69, 9.17) is 0 Å². The van der Waals surface area contributed by atoms with Crippen LogP contribution in [0.1, 0.15) is 16.7 Å². The van der Waals surface area contributed by atoms with Gasteiger partial charge in [-0.15, -0.1) is 11.3 Å². The molecule has 0 unspecified atom stereocenters.